The van der Waals surface area contributed by atoms with E-state index in [0.29, 0.717) is 12.1 Å². The van der Waals surface area contributed by atoms with Crippen molar-refractivity contribution in [2.45, 2.75) is 12.6 Å². The molecule has 0 bridgehead atoms. The van der Waals surface area contributed by atoms with Gasteiger partial charge < -0.3 is 26.2 Å². The summed E-state index contributed by atoms with van der Waals surface area (Å²) in [6, 6.07) is 13.0. The van der Waals surface area contributed by atoms with Gasteiger partial charge in [-0.2, -0.15) is 0 Å². The van der Waals surface area contributed by atoms with E-state index in [1.807, 2.05) is 41.1 Å². The number of benzene rings is 2. The monoisotopic (exact) mass is 283 g/mol. The van der Waals surface area contributed by atoms with Gasteiger partial charge in [-0.15, -0.1) is 0 Å². The summed E-state index contributed by atoms with van der Waals surface area (Å²) in [6.07, 6.45) is 1.76. The Balaban J connectivity index is 2.19. The van der Waals surface area contributed by atoms with Crippen LogP contribution < -0.4 is 11.5 Å². The van der Waals surface area contributed by atoms with Crippen LogP contribution in [0.4, 0.5) is 0 Å². The number of phenols is 2. The van der Waals surface area contributed by atoms with Gasteiger partial charge in [0.1, 0.15) is 0 Å². The van der Waals surface area contributed by atoms with Crippen molar-refractivity contribution in [3.8, 4) is 17.2 Å². The second-order valence-corrected chi connectivity index (χ2v) is 5.10. The number of aromatic hydroxyl groups is 2. The average Bonchev–Trinajstić information content (AvgIpc) is 2.86. The lowest BCUT2D eigenvalue weighted by Crippen LogP contribution is -2.32. The van der Waals surface area contributed by atoms with Crippen molar-refractivity contribution in [1.82, 2.24) is 4.57 Å². The largest absolute Gasteiger partial charge is 0.504 e. The predicted octanol–water partition coefficient (Wildman–Crippen LogP) is 1.83. The van der Waals surface area contributed by atoms with E-state index < -0.39 is 6.17 Å². The van der Waals surface area contributed by atoms with Crippen LogP contribution in [0.5, 0.6) is 11.5 Å². The van der Waals surface area contributed by atoms with E-state index in [4.69, 9.17) is 11.5 Å². The molecule has 21 heavy (non-hydrogen) atoms. The van der Waals surface area contributed by atoms with Crippen LogP contribution in [0.25, 0.3) is 16.6 Å². The first-order valence-corrected chi connectivity index (χ1v) is 6.69. The molecule has 0 atom stereocenters. The molecule has 2 aromatic carbocycles. The molecule has 0 saturated heterocycles. The van der Waals surface area contributed by atoms with Crippen molar-refractivity contribution in [3.05, 3.63) is 54.2 Å². The fraction of sp³-hybridized carbons (Fsp3) is 0.125. The summed E-state index contributed by atoms with van der Waals surface area (Å²) in [6.45, 7) is 0. The van der Waals surface area contributed by atoms with Crippen molar-refractivity contribution in [1.29, 1.82) is 0 Å². The first-order chi connectivity index (χ1) is 10.1. The second-order valence-electron chi connectivity index (χ2n) is 5.10. The molecule has 0 aliphatic carbocycles. The van der Waals surface area contributed by atoms with Gasteiger partial charge in [0.25, 0.3) is 0 Å². The highest BCUT2D eigenvalue weighted by Gasteiger charge is 2.13. The zero-order valence-corrected chi connectivity index (χ0v) is 11.4. The van der Waals surface area contributed by atoms with Crippen LogP contribution >= 0.6 is 0 Å². The Labute approximate surface area is 122 Å². The second kappa shape index (κ2) is 5.12. The van der Waals surface area contributed by atoms with Gasteiger partial charge in [0.2, 0.25) is 0 Å². The van der Waals surface area contributed by atoms with Crippen molar-refractivity contribution in [3.63, 3.8) is 0 Å². The van der Waals surface area contributed by atoms with Crippen LogP contribution in [-0.4, -0.2) is 20.9 Å². The minimum absolute atomic E-state index is 0.161. The molecular weight excluding hydrogens is 266 g/mol. The molecule has 3 aromatic rings. The van der Waals surface area contributed by atoms with Crippen molar-refractivity contribution in [2.24, 2.45) is 11.5 Å². The van der Waals surface area contributed by atoms with Crippen LogP contribution in [0.3, 0.4) is 0 Å². The third-order valence-electron chi connectivity index (χ3n) is 3.46. The van der Waals surface area contributed by atoms with E-state index in [2.05, 4.69) is 0 Å². The number of hydrogen-bond donors (Lipinski definition) is 4. The smallest absolute Gasteiger partial charge is 0.182 e. The molecule has 0 radical (unpaired) electrons. The van der Waals surface area contributed by atoms with Crippen LogP contribution in [0.2, 0.25) is 0 Å². The molecule has 6 N–H and O–H groups in total. The molecule has 0 spiro atoms. The lowest BCUT2D eigenvalue weighted by atomic mass is 10.1. The maximum absolute atomic E-state index is 10.2. The highest BCUT2D eigenvalue weighted by molar-refractivity contribution is 5.82. The lowest BCUT2D eigenvalue weighted by Gasteiger charge is -2.13. The Morgan fingerprint density at radius 1 is 1.05 bits per heavy atom. The van der Waals surface area contributed by atoms with Crippen LogP contribution in [0.15, 0.2) is 48.7 Å². The van der Waals surface area contributed by atoms with Gasteiger partial charge in [0, 0.05) is 12.6 Å². The summed E-state index contributed by atoms with van der Waals surface area (Å²) < 4.78 is 1.83. The average molecular weight is 283 g/mol. The normalized spacial score (nSPS) is 11.4. The fourth-order valence-corrected chi connectivity index (χ4v) is 2.53. The van der Waals surface area contributed by atoms with Gasteiger partial charge in [-0.3, -0.25) is 0 Å². The number of aromatic nitrogens is 1. The summed E-state index contributed by atoms with van der Waals surface area (Å²) in [4.78, 5) is 0. The minimum atomic E-state index is -0.511. The Bertz CT molecular complexity index is 793. The van der Waals surface area contributed by atoms with E-state index in [-0.39, 0.29) is 11.5 Å². The molecule has 5 heteroatoms. The van der Waals surface area contributed by atoms with E-state index in [9.17, 15) is 10.2 Å². The molecular formula is C16H17N3O2. The summed E-state index contributed by atoms with van der Waals surface area (Å²) in [5.41, 5.74) is 13.4. The van der Waals surface area contributed by atoms with Crippen molar-refractivity contribution < 1.29 is 10.2 Å². The number of rotatable bonds is 3. The molecule has 5 nitrogen and oxygen atoms in total. The molecule has 1 heterocycles. The number of fused-ring (bicyclic) bond motifs is 1. The van der Waals surface area contributed by atoms with E-state index >= 15 is 0 Å². The molecule has 0 aliphatic rings. The highest BCUT2D eigenvalue weighted by Crippen LogP contribution is 2.35. The minimum Gasteiger partial charge on any atom is -0.504 e. The van der Waals surface area contributed by atoms with Gasteiger partial charge in [0.15, 0.2) is 11.5 Å². The van der Waals surface area contributed by atoms with Crippen LogP contribution in [0.1, 0.15) is 5.56 Å². The Kier molecular flexibility index (Phi) is 3.29. The van der Waals surface area contributed by atoms with Crippen LogP contribution in [0, 0.1) is 0 Å². The van der Waals surface area contributed by atoms with Gasteiger partial charge >= 0.3 is 0 Å². The number of nitrogens with two attached hydrogens (primary N) is 2. The Hall–Kier alpha value is -2.50. The zero-order valence-electron chi connectivity index (χ0n) is 11.4. The standard InChI is InChI=1S/C16H17N3O2/c17-15(18)9-10-7-13(16(21)14(20)8-10)19-6-5-11-3-1-2-4-12(11)19/h1-8,15,20-21H,9,17-18H2. The predicted molar refractivity (Wildman–Crippen MR) is 82.5 cm³/mol. The van der Waals surface area contributed by atoms with E-state index in [1.54, 1.807) is 6.07 Å². The van der Waals surface area contributed by atoms with Gasteiger partial charge in [-0.1, -0.05) is 18.2 Å². The first kappa shape index (κ1) is 13.5. The SMILES string of the molecule is NC(N)Cc1cc(O)c(O)c(-n2ccc3ccccc32)c1. The molecule has 3 rings (SSSR count). The number of nitrogens with zero attached hydrogens (tertiary/aromatic N) is 1. The van der Waals surface area contributed by atoms with Crippen LogP contribution in [-0.2, 0) is 6.42 Å². The molecule has 108 valence electrons. The lowest BCUT2D eigenvalue weighted by molar-refractivity contribution is 0.401. The van der Waals surface area contributed by atoms with Gasteiger partial charge in [-0.05, 0) is 35.2 Å². The number of hydrogen-bond acceptors (Lipinski definition) is 4. The van der Waals surface area contributed by atoms with Crippen molar-refractivity contribution >= 4 is 10.9 Å². The van der Waals surface area contributed by atoms with E-state index in [0.717, 1.165) is 16.5 Å². The Morgan fingerprint density at radius 2 is 1.81 bits per heavy atom. The van der Waals surface area contributed by atoms with Gasteiger partial charge in [-0.25, -0.2) is 0 Å². The van der Waals surface area contributed by atoms with Gasteiger partial charge in [0.05, 0.1) is 17.4 Å². The molecule has 0 fully saturated rings. The van der Waals surface area contributed by atoms with Crippen molar-refractivity contribution in [2.75, 3.05) is 0 Å². The maximum atomic E-state index is 10.2. The molecule has 0 saturated carbocycles. The maximum Gasteiger partial charge on any atom is 0.182 e. The molecule has 0 aliphatic heterocycles. The molecule has 0 amide bonds. The number of para-hydroxylation sites is 1. The summed E-state index contributed by atoms with van der Waals surface area (Å²) in [5.74, 6) is -0.341. The summed E-state index contributed by atoms with van der Waals surface area (Å²) in [5, 5.41) is 21.1. The summed E-state index contributed by atoms with van der Waals surface area (Å²) >= 11 is 0. The Morgan fingerprint density at radius 3 is 2.57 bits per heavy atom. The zero-order chi connectivity index (χ0) is 15.0. The third kappa shape index (κ3) is 2.44. The topological polar surface area (TPSA) is 97.4 Å². The first-order valence-electron chi connectivity index (χ1n) is 6.69. The molecule has 0 unspecified atom stereocenters. The number of phenolic OH excluding ortho intramolecular Hbond substituents is 2. The van der Waals surface area contributed by atoms with E-state index in [1.165, 1.54) is 6.07 Å². The summed E-state index contributed by atoms with van der Waals surface area (Å²) in [7, 11) is 0. The fourth-order valence-electron chi connectivity index (χ4n) is 2.53. The third-order valence-corrected chi connectivity index (χ3v) is 3.46. The highest BCUT2D eigenvalue weighted by atomic mass is 16.3. The quantitative estimate of drug-likeness (QED) is 0.435. The molecule has 1 aromatic heterocycles.